The fourth-order valence-corrected chi connectivity index (χ4v) is 4.98. The number of carboxylic acid groups (broad SMARTS) is 1. The first-order valence-electron chi connectivity index (χ1n) is 11.6. The highest BCUT2D eigenvalue weighted by Crippen LogP contribution is 2.52. The molecule has 0 amide bonds. The molecule has 172 valence electrons. The molecule has 0 aliphatic carbocycles. The van der Waals surface area contributed by atoms with E-state index in [9.17, 15) is 9.90 Å². The minimum absolute atomic E-state index is 0.0511. The van der Waals surface area contributed by atoms with Gasteiger partial charge >= 0.3 is 5.97 Å². The van der Waals surface area contributed by atoms with E-state index in [1.165, 1.54) is 5.56 Å². The van der Waals surface area contributed by atoms with Crippen LogP contribution in [0.5, 0.6) is 11.5 Å². The van der Waals surface area contributed by atoms with E-state index in [1.807, 2.05) is 38.1 Å². The molecule has 2 aromatic carbocycles. The fourth-order valence-electron chi connectivity index (χ4n) is 4.98. The maximum atomic E-state index is 12.2. The van der Waals surface area contributed by atoms with Gasteiger partial charge < -0.3 is 19.3 Å². The van der Waals surface area contributed by atoms with Crippen LogP contribution in [0.2, 0.25) is 0 Å². The van der Waals surface area contributed by atoms with Gasteiger partial charge in [-0.05, 0) is 55.9 Å². The molecular weight excluding hydrogens is 404 g/mol. The Bertz CT molecular complexity index is 963. The summed E-state index contributed by atoms with van der Waals surface area (Å²) in [5.41, 5.74) is 2.89. The van der Waals surface area contributed by atoms with Crippen molar-refractivity contribution < 1.29 is 24.1 Å². The third kappa shape index (κ3) is 4.23. The molecule has 2 aliphatic rings. The molecule has 2 heterocycles. The van der Waals surface area contributed by atoms with Crippen LogP contribution in [0.25, 0.3) is 0 Å². The van der Waals surface area contributed by atoms with Crippen molar-refractivity contribution in [3.63, 3.8) is 0 Å². The van der Waals surface area contributed by atoms with E-state index in [0.29, 0.717) is 12.3 Å². The minimum atomic E-state index is -0.851. The molecule has 0 saturated carbocycles. The average molecular weight is 439 g/mol. The number of rotatable bonds is 6. The topological polar surface area (TPSA) is 65.0 Å². The van der Waals surface area contributed by atoms with E-state index in [4.69, 9.17) is 14.2 Å². The second-order valence-electron chi connectivity index (χ2n) is 9.81. The Morgan fingerprint density at radius 2 is 1.91 bits per heavy atom. The molecular formula is C27H34O5. The molecule has 0 unspecified atom stereocenters. The van der Waals surface area contributed by atoms with Gasteiger partial charge in [-0.25, -0.2) is 0 Å². The first-order chi connectivity index (χ1) is 15.2. The zero-order chi connectivity index (χ0) is 23.0. The molecule has 1 fully saturated rings. The first kappa shape index (κ1) is 22.7. The number of aryl methyl sites for hydroxylation is 1. The minimum Gasteiger partial charge on any atom is -0.491 e. The Morgan fingerprint density at radius 3 is 2.53 bits per heavy atom. The van der Waals surface area contributed by atoms with Gasteiger partial charge in [0, 0.05) is 11.5 Å². The lowest BCUT2D eigenvalue weighted by molar-refractivity contribution is -0.192. The van der Waals surface area contributed by atoms with Gasteiger partial charge in [0.1, 0.15) is 29.8 Å². The Hall–Kier alpha value is -2.53. The van der Waals surface area contributed by atoms with E-state index in [2.05, 4.69) is 39.0 Å². The summed E-state index contributed by atoms with van der Waals surface area (Å²) in [4.78, 5) is 12.2. The monoisotopic (exact) mass is 438 g/mol. The number of hydrogen-bond donors (Lipinski definition) is 1. The molecule has 1 saturated heterocycles. The van der Waals surface area contributed by atoms with E-state index < -0.39 is 23.6 Å². The van der Waals surface area contributed by atoms with Gasteiger partial charge in [-0.15, -0.1) is 0 Å². The lowest BCUT2D eigenvalue weighted by atomic mass is 9.71. The van der Waals surface area contributed by atoms with E-state index in [-0.39, 0.29) is 18.6 Å². The lowest BCUT2D eigenvalue weighted by Crippen LogP contribution is -2.53. The van der Waals surface area contributed by atoms with Gasteiger partial charge in [-0.1, -0.05) is 51.1 Å². The van der Waals surface area contributed by atoms with Crippen molar-refractivity contribution in [1.82, 2.24) is 0 Å². The first-order valence-corrected chi connectivity index (χ1v) is 11.6. The molecule has 4 atom stereocenters. The summed E-state index contributed by atoms with van der Waals surface area (Å²) in [5, 5.41) is 9.96. The Kier molecular flexibility index (Phi) is 6.22. The third-order valence-electron chi connectivity index (χ3n) is 6.99. The highest BCUT2D eigenvalue weighted by molar-refractivity contribution is 5.71. The molecule has 1 N–H and O–H groups in total. The zero-order valence-corrected chi connectivity index (χ0v) is 19.6. The molecule has 32 heavy (non-hydrogen) atoms. The molecule has 2 aromatic rings. The van der Waals surface area contributed by atoms with Crippen LogP contribution < -0.4 is 9.47 Å². The number of fused-ring (bicyclic) bond motifs is 3. The van der Waals surface area contributed by atoms with Gasteiger partial charge in [-0.2, -0.15) is 0 Å². The van der Waals surface area contributed by atoms with Crippen molar-refractivity contribution in [2.24, 2.45) is 11.8 Å². The molecule has 4 rings (SSSR count). The molecule has 0 spiro atoms. The second kappa shape index (κ2) is 8.78. The summed E-state index contributed by atoms with van der Waals surface area (Å²) in [5.74, 6) is 0.513. The fraction of sp³-hybridized carbons (Fsp3) is 0.519. The molecule has 0 bridgehead atoms. The van der Waals surface area contributed by atoms with Crippen LogP contribution in [-0.2, 0) is 16.0 Å². The Morgan fingerprint density at radius 1 is 1.19 bits per heavy atom. The van der Waals surface area contributed by atoms with Crippen LogP contribution in [0, 0.1) is 11.8 Å². The Labute approximate surface area is 190 Å². The van der Waals surface area contributed by atoms with Crippen molar-refractivity contribution in [3.8, 4) is 11.5 Å². The largest absolute Gasteiger partial charge is 0.491 e. The van der Waals surface area contributed by atoms with Crippen molar-refractivity contribution in [1.29, 1.82) is 0 Å². The SMILES string of the molecule is CCc1cccc2c1OC(C)(C)[C@H]1C[C@@H](C(=O)O)[C@H](COc3ccc(C(C)C)cc3)O[C@H]21. The maximum Gasteiger partial charge on any atom is 0.309 e. The second-order valence-corrected chi connectivity index (χ2v) is 9.81. The predicted octanol–water partition coefficient (Wildman–Crippen LogP) is 5.77. The van der Waals surface area contributed by atoms with Crippen LogP contribution in [0.15, 0.2) is 42.5 Å². The van der Waals surface area contributed by atoms with Gasteiger partial charge in [0.2, 0.25) is 0 Å². The number of carboxylic acids is 1. The van der Waals surface area contributed by atoms with Crippen molar-refractivity contribution >= 4 is 5.97 Å². The molecule has 5 nitrogen and oxygen atoms in total. The number of ether oxygens (including phenoxy) is 3. The van der Waals surface area contributed by atoms with Crippen LogP contribution in [0.1, 0.15) is 69.8 Å². The molecule has 5 heteroatoms. The Balaban J connectivity index is 1.59. The van der Waals surface area contributed by atoms with Gasteiger partial charge in [0.15, 0.2) is 0 Å². The summed E-state index contributed by atoms with van der Waals surface area (Å²) in [6.07, 6.45) is 0.606. The maximum absolute atomic E-state index is 12.2. The van der Waals surface area contributed by atoms with E-state index in [1.54, 1.807) is 0 Å². The van der Waals surface area contributed by atoms with Crippen molar-refractivity contribution in [3.05, 3.63) is 59.2 Å². The van der Waals surface area contributed by atoms with Gasteiger partial charge in [-0.3, -0.25) is 4.79 Å². The summed E-state index contributed by atoms with van der Waals surface area (Å²) in [7, 11) is 0. The van der Waals surface area contributed by atoms with Crippen LogP contribution >= 0.6 is 0 Å². The van der Waals surface area contributed by atoms with Gasteiger partial charge in [0.05, 0.1) is 12.0 Å². The number of aliphatic carboxylic acids is 1. The quantitative estimate of drug-likeness (QED) is 0.620. The highest BCUT2D eigenvalue weighted by Gasteiger charge is 2.52. The number of carbonyl (C=O) groups is 1. The van der Waals surface area contributed by atoms with Crippen molar-refractivity contribution in [2.75, 3.05) is 6.61 Å². The molecule has 2 aliphatic heterocycles. The van der Waals surface area contributed by atoms with E-state index in [0.717, 1.165) is 29.0 Å². The van der Waals surface area contributed by atoms with E-state index >= 15 is 0 Å². The zero-order valence-electron chi connectivity index (χ0n) is 19.6. The van der Waals surface area contributed by atoms with Crippen LogP contribution in [0.3, 0.4) is 0 Å². The number of para-hydroxylation sites is 1. The highest BCUT2D eigenvalue weighted by atomic mass is 16.6. The average Bonchev–Trinajstić information content (AvgIpc) is 2.76. The number of hydrogen-bond acceptors (Lipinski definition) is 4. The normalized spacial score (nSPS) is 26.1. The van der Waals surface area contributed by atoms with Crippen molar-refractivity contribution in [2.45, 2.75) is 71.2 Å². The summed E-state index contributed by atoms with van der Waals surface area (Å²) < 4.78 is 19.0. The van der Waals surface area contributed by atoms with Crippen LogP contribution in [-0.4, -0.2) is 29.4 Å². The lowest BCUT2D eigenvalue weighted by Gasteiger charge is -2.50. The summed E-state index contributed by atoms with van der Waals surface area (Å²) in [6, 6.07) is 14.1. The predicted molar refractivity (Wildman–Crippen MR) is 123 cm³/mol. The number of benzene rings is 2. The van der Waals surface area contributed by atoms with Crippen LogP contribution in [0.4, 0.5) is 0 Å². The summed E-state index contributed by atoms with van der Waals surface area (Å²) >= 11 is 0. The summed E-state index contributed by atoms with van der Waals surface area (Å²) in [6.45, 7) is 10.7. The van der Waals surface area contributed by atoms with Gasteiger partial charge in [0.25, 0.3) is 0 Å². The third-order valence-corrected chi connectivity index (χ3v) is 6.99. The standard InChI is InChI=1S/C27H34O5/c1-6-17-8-7-9-20-24(17)32-27(4,5)22-14-21(26(28)29)23(31-25(20)22)15-30-19-12-10-18(11-13-19)16(2)3/h7-13,16,21-23,25H,6,14-15H2,1-5H3,(H,28,29)/t21-,22+,23+,25-/m1/s1. The molecule has 0 radical (unpaired) electrons. The molecule has 0 aromatic heterocycles. The smallest absolute Gasteiger partial charge is 0.309 e.